The number of fused-ring (bicyclic) bond motifs is 3. The summed E-state index contributed by atoms with van der Waals surface area (Å²) in [6.45, 7) is 9.59. The van der Waals surface area contributed by atoms with E-state index in [2.05, 4.69) is 72.1 Å². The van der Waals surface area contributed by atoms with Crippen LogP contribution in [0.15, 0.2) is 35.7 Å². The number of benzene rings is 1. The fraction of sp³-hybridized carbons (Fsp3) is 0.346. The summed E-state index contributed by atoms with van der Waals surface area (Å²) in [5.74, 6) is 6.93. The molecule has 0 atom stereocenters. The van der Waals surface area contributed by atoms with Crippen LogP contribution in [0.4, 0.5) is 0 Å². The minimum absolute atomic E-state index is 0.0236. The van der Waals surface area contributed by atoms with Gasteiger partial charge in [-0.25, -0.2) is 0 Å². The summed E-state index contributed by atoms with van der Waals surface area (Å²) >= 11 is 1.69. The van der Waals surface area contributed by atoms with E-state index in [1.165, 1.54) is 5.56 Å². The second-order valence-electron chi connectivity index (χ2n) is 9.00. The second-order valence-corrected chi connectivity index (χ2v) is 9.95. The van der Waals surface area contributed by atoms with Crippen molar-refractivity contribution < 1.29 is 9.53 Å². The van der Waals surface area contributed by atoms with Crippen LogP contribution < -0.4 is 10.1 Å². The van der Waals surface area contributed by atoms with Crippen LogP contribution >= 0.6 is 11.3 Å². The molecule has 1 aromatic carbocycles. The molecule has 1 aliphatic rings. The van der Waals surface area contributed by atoms with Gasteiger partial charge in [-0.05, 0) is 54.0 Å². The summed E-state index contributed by atoms with van der Waals surface area (Å²) in [6.07, 6.45) is 0.844. The number of nitrogens with zero attached hydrogens (tertiary/aromatic N) is 1. The van der Waals surface area contributed by atoms with Gasteiger partial charge in [-0.1, -0.05) is 32.8 Å². The summed E-state index contributed by atoms with van der Waals surface area (Å²) in [6, 6.07) is 10.4. The number of nitrogens with one attached hydrogen (secondary N) is 1. The smallest absolute Gasteiger partial charge is 0.267 e. The van der Waals surface area contributed by atoms with Crippen LogP contribution in [0, 0.1) is 17.3 Å². The van der Waals surface area contributed by atoms with Crippen molar-refractivity contribution in [3.05, 3.63) is 52.5 Å². The Hall–Kier alpha value is -2.97. The summed E-state index contributed by atoms with van der Waals surface area (Å²) in [7, 11) is 1.68. The Labute approximate surface area is 188 Å². The molecule has 5 heteroatoms. The van der Waals surface area contributed by atoms with Gasteiger partial charge in [0.15, 0.2) is 0 Å². The summed E-state index contributed by atoms with van der Waals surface area (Å²) < 4.78 is 7.76. The van der Waals surface area contributed by atoms with E-state index < -0.39 is 0 Å². The third kappa shape index (κ3) is 4.13. The molecule has 1 amide bonds. The molecular formula is C26H28N2O2S. The molecule has 3 aromatic rings. The SMILES string of the molecule is CC#Cc1cc2c(cc1OC)CCn1c(C(=O)NCC(C)(C)C)cc(-c3cccs3)c1-2. The number of amides is 1. The molecule has 0 bridgehead atoms. The molecule has 1 N–H and O–H groups in total. The molecule has 31 heavy (non-hydrogen) atoms. The van der Waals surface area contributed by atoms with E-state index in [0.717, 1.165) is 46.0 Å². The van der Waals surface area contributed by atoms with Crippen molar-refractivity contribution >= 4 is 17.2 Å². The van der Waals surface area contributed by atoms with Crippen molar-refractivity contribution in [2.24, 2.45) is 5.41 Å². The molecule has 0 fully saturated rings. The average molecular weight is 433 g/mol. The lowest BCUT2D eigenvalue weighted by Crippen LogP contribution is -2.33. The van der Waals surface area contributed by atoms with E-state index in [0.29, 0.717) is 12.2 Å². The van der Waals surface area contributed by atoms with Gasteiger partial charge in [0.25, 0.3) is 5.91 Å². The summed E-state index contributed by atoms with van der Waals surface area (Å²) in [5.41, 5.74) is 6.15. The van der Waals surface area contributed by atoms with Crippen LogP contribution in [-0.4, -0.2) is 24.1 Å². The van der Waals surface area contributed by atoms with E-state index >= 15 is 0 Å². The fourth-order valence-corrected chi connectivity index (χ4v) is 4.74. The number of thiophene rings is 1. The lowest BCUT2D eigenvalue weighted by atomic mass is 9.93. The van der Waals surface area contributed by atoms with Crippen molar-refractivity contribution in [1.82, 2.24) is 9.88 Å². The zero-order chi connectivity index (χ0) is 22.2. The van der Waals surface area contributed by atoms with Crippen LogP contribution in [0.1, 0.15) is 49.3 Å². The number of ether oxygens (including phenoxy) is 1. The normalized spacial score (nSPS) is 12.4. The van der Waals surface area contributed by atoms with E-state index in [1.54, 1.807) is 18.4 Å². The minimum Gasteiger partial charge on any atom is -0.495 e. The molecular weight excluding hydrogens is 404 g/mol. The van der Waals surface area contributed by atoms with Gasteiger partial charge < -0.3 is 14.6 Å². The van der Waals surface area contributed by atoms with Gasteiger partial charge in [0, 0.05) is 29.1 Å². The van der Waals surface area contributed by atoms with Gasteiger partial charge in [0.1, 0.15) is 11.4 Å². The number of aromatic nitrogens is 1. The number of rotatable bonds is 4. The average Bonchev–Trinajstić information content (AvgIpc) is 3.39. The van der Waals surface area contributed by atoms with E-state index in [1.807, 2.05) is 13.0 Å². The maximum Gasteiger partial charge on any atom is 0.267 e. The monoisotopic (exact) mass is 432 g/mol. The van der Waals surface area contributed by atoms with Gasteiger partial charge in [0.05, 0.1) is 18.4 Å². The minimum atomic E-state index is -0.0236. The highest BCUT2D eigenvalue weighted by atomic mass is 32.1. The molecule has 0 unspecified atom stereocenters. The highest BCUT2D eigenvalue weighted by Crippen LogP contribution is 2.43. The van der Waals surface area contributed by atoms with Crippen molar-refractivity contribution in [2.45, 2.75) is 40.7 Å². The lowest BCUT2D eigenvalue weighted by Gasteiger charge is -2.24. The Bertz CT molecular complexity index is 1180. The molecule has 0 saturated carbocycles. The molecule has 2 aromatic heterocycles. The zero-order valence-electron chi connectivity index (χ0n) is 18.8. The van der Waals surface area contributed by atoms with Crippen LogP contribution in [-0.2, 0) is 13.0 Å². The first-order valence-corrected chi connectivity index (χ1v) is 11.4. The zero-order valence-corrected chi connectivity index (χ0v) is 19.6. The molecule has 1 aliphatic heterocycles. The largest absolute Gasteiger partial charge is 0.495 e. The predicted molar refractivity (Wildman–Crippen MR) is 128 cm³/mol. The maximum absolute atomic E-state index is 13.2. The van der Waals surface area contributed by atoms with Crippen molar-refractivity contribution in [1.29, 1.82) is 0 Å². The molecule has 0 aliphatic carbocycles. The number of hydrogen-bond donors (Lipinski definition) is 1. The van der Waals surface area contributed by atoms with Gasteiger partial charge in [-0.3, -0.25) is 4.79 Å². The van der Waals surface area contributed by atoms with E-state index in [-0.39, 0.29) is 11.3 Å². The first-order chi connectivity index (χ1) is 14.8. The van der Waals surface area contributed by atoms with E-state index in [9.17, 15) is 4.79 Å². The maximum atomic E-state index is 13.2. The van der Waals surface area contributed by atoms with Crippen molar-refractivity contribution in [2.75, 3.05) is 13.7 Å². The van der Waals surface area contributed by atoms with Crippen LogP contribution in [0.5, 0.6) is 5.75 Å². The van der Waals surface area contributed by atoms with Crippen LogP contribution in [0.25, 0.3) is 21.7 Å². The first-order valence-electron chi connectivity index (χ1n) is 10.5. The van der Waals surface area contributed by atoms with Gasteiger partial charge in [-0.2, -0.15) is 0 Å². The Morgan fingerprint density at radius 1 is 1.26 bits per heavy atom. The lowest BCUT2D eigenvalue weighted by molar-refractivity contribution is 0.0930. The molecule has 0 saturated heterocycles. The number of hydrogen-bond acceptors (Lipinski definition) is 3. The number of methoxy groups -OCH3 is 1. The standard InChI is InChI=1S/C26H28N2O2S/c1-6-8-18-13-19-17(14-22(18)30-5)10-11-28-21(25(29)27-16-26(2,3)4)15-20(24(19)28)23-9-7-12-31-23/h7,9,12-15H,10-11,16H2,1-5H3,(H,27,29). The topological polar surface area (TPSA) is 43.3 Å². The quantitative estimate of drug-likeness (QED) is 0.546. The first kappa shape index (κ1) is 21.3. The highest BCUT2D eigenvalue weighted by Gasteiger charge is 2.28. The molecule has 3 heterocycles. The van der Waals surface area contributed by atoms with Crippen molar-refractivity contribution in [3.8, 4) is 39.3 Å². The third-order valence-electron chi connectivity index (χ3n) is 5.44. The Balaban J connectivity index is 1.89. The highest BCUT2D eigenvalue weighted by molar-refractivity contribution is 7.13. The van der Waals surface area contributed by atoms with Crippen molar-refractivity contribution in [3.63, 3.8) is 0 Å². The van der Waals surface area contributed by atoms with Crippen LogP contribution in [0.3, 0.4) is 0 Å². The number of carbonyl (C=O) groups excluding carboxylic acids is 1. The predicted octanol–water partition coefficient (Wildman–Crippen LogP) is 5.60. The Morgan fingerprint density at radius 3 is 2.71 bits per heavy atom. The van der Waals surface area contributed by atoms with Gasteiger partial charge in [-0.15, -0.1) is 17.3 Å². The third-order valence-corrected chi connectivity index (χ3v) is 6.34. The Morgan fingerprint density at radius 2 is 2.06 bits per heavy atom. The molecule has 0 radical (unpaired) electrons. The Kier molecular flexibility index (Phi) is 5.68. The summed E-state index contributed by atoms with van der Waals surface area (Å²) in [4.78, 5) is 14.3. The fourth-order valence-electron chi connectivity index (χ4n) is 4.00. The van der Waals surface area contributed by atoms with E-state index in [4.69, 9.17) is 4.74 Å². The van der Waals surface area contributed by atoms with Gasteiger partial charge >= 0.3 is 0 Å². The summed E-state index contributed by atoms with van der Waals surface area (Å²) in [5, 5.41) is 5.20. The van der Waals surface area contributed by atoms with Gasteiger partial charge in [0.2, 0.25) is 0 Å². The second kappa shape index (κ2) is 8.28. The molecule has 4 rings (SSSR count). The molecule has 160 valence electrons. The van der Waals surface area contributed by atoms with Crippen LogP contribution in [0.2, 0.25) is 0 Å². The number of aryl methyl sites for hydroxylation is 1. The molecule has 0 spiro atoms. The number of carbonyl (C=O) groups is 1. The molecule has 4 nitrogen and oxygen atoms in total.